The average Bonchev–Trinajstić information content (AvgIpc) is 2.84. The zero-order valence-electron chi connectivity index (χ0n) is 19.7. The number of ether oxygens (including phenoxy) is 1. The van der Waals surface area contributed by atoms with E-state index >= 15 is 0 Å². The van der Waals surface area contributed by atoms with Crippen molar-refractivity contribution in [3.8, 4) is 5.75 Å². The Morgan fingerprint density at radius 1 is 0.906 bits per heavy atom. The molecular weight excluding hydrogens is 398 g/mol. The average molecular weight is 438 g/mol. The Balaban J connectivity index is 1.46. The molecule has 5 heteroatoms. The molecule has 2 aliphatic heterocycles. The van der Waals surface area contributed by atoms with Crippen LogP contribution in [0.1, 0.15) is 44.6 Å². The summed E-state index contributed by atoms with van der Waals surface area (Å²) in [6.45, 7) is 8.15. The van der Waals surface area contributed by atoms with Crippen molar-refractivity contribution in [2.24, 2.45) is 0 Å². The summed E-state index contributed by atoms with van der Waals surface area (Å²) in [4.78, 5) is 7.27. The van der Waals surface area contributed by atoms with Crippen LogP contribution in [0.2, 0.25) is 0 Å². The summed E-state index contributed by atoms with van der Waals surface area (Å²) < 4.78 is 6.73. The number of piperazine rings is 1. The zero-order chi connectivity index (χ0) is 22.4. The van der Waals surface area contributed by atoms with Gasteiger partial charge < -0.3 is 19.6 Å². The molecular formula is C27H39N3O2. The summed E-state index contributed by atoms with van der Waals surface area (Å²) in [6.07, 6.45) is 4.83. The van der Waals surface area contributed by atoms with E-state index in [1.54, 1.807) is 0 Å². The van der Waals surface area contributed by atoms with Crippen molar-refractivity contribution in [3.63, 3.8) is 0 Å². The maximum absolute atomic E-state index is 11.3. The molecule has 1 atom stereocenters. The first-order valence-electron chi connectivity index (χ1n) is 12.3. The van der Waals surface area contributed by atoms with Gasteiger partial charge >= 0.3 is 0 Å². The third-order valence-corrected chi connectivity index (χ3v) is 7.12. The number of benzene rings is 2. The highest BCUT2D eigenvalue weighted by atomic mass is 16.5. The second-order valence-electron chi connectivity index (χ2n) is 9.41. The lowest BCUT2D eigenvalue weighted by molar-refractivity contribution is -0.0711. The van der Waals surface area contributed by atoms with Crippen LogP contribution in [0.25, 0.3) is 0 Å². The molecule has 2 aliphatic rings. The van der Waals surface area contributed by atoms with E-state index < -0.39 is 5.60 Å². The fourth-order valence-electron chi connectivity index (χ4n) is 4.93. The Hall–Kier alpha value is -2.08. The predicted octanol–water partition coefficient (Wildman–Crippen LogP) is 4.32. The highest BCUT2D eigenvalue weighted by Crippen LogP contribution is 2.35. The molecule has 0 radical (unpaired) electrons. The van der Waals surface area contributed by atoms with E-state index in [4.69, 9.17) is 4.74 Å². The van der Waals surface area contributed by atoms with Gasteiger partial charge in [0.05, 0.1) is 11.3 Å². The first-order chi connectivity index (χ1) is 15.6. The van der Waals surface area contributed by atoms with Crippen LogP contribution < -0.4 is 9.64 Å². The molecule has 0 aliphatic carbocycles. The predicted molar refractivity (Wildman–Crippen MR) is 131 cm³/mol. The van der Waals surface area contributed by atoms with E-state index in [1.807, 2.05) is 30.3 Å². The van der Waals surface area contributed by atoms with Crippen molar-refractivity contribution in [2.45, 2.75) is 50.9 Å². The number of hydrogen-bond acceptors (Lipinski definition) is 5. The molecule has 32 heavy (non-hydrogen) atoms. The van der Waals surface area contributed by atoms with Crippen LogP contribution in [0.15, 0.2) is 54.6 Å². The third kappa shape index (κ3) is 5.45. The highest BCUT2D eigenvalue weighted by molar-refractivity contribution is 5.58. The highest BCUT2D eigenvalue weighted by Gasteiger charge is 2.36. The maximum Gasteiger partial charge on any atom is 0.152 e. The summed E-state index contributed by atoms with van der Waals surface area (Å²) in [6, 6.07) is 18.6. The number of unbranched alkanes of at least 4 members (excludes halogenated alkanes) is 1. The van der Waals surface area contributed by atoms with Crippen LogP contribution in [0.4, 0.5) is 5.69 Å². The van der Waals surface area contributed by atoms with Crippen molar-refractivity contribution in [1.29, 1.82) is 0 Å². The monoisotopic (exact) mass is 437 g/mol. The molecule has 0 amide bonds. The lowest BCUT2D eigenvalue weighted by Crippen LogP contribution is -2.49. The number of anilines is 1. The fraction of sp³-hybridized carbons (Fsp3) is 0.556. The molecule has 4 rings (SSSR count). The molecule has 1 N–H and O–H groups in total. The van der Waals surface area contributed by atoms with Gasteiger partial charge in [-0.1, -0.05) is 55.8 Å². The van der Waals surface area contributed by atoms with Crippen LogP contribution >= 0.6 is 0 Å². The van der Waals surface area contributed by atoms with E-state index in [-0.39, 0.29) is 6.23 Å². The Kier molecular flexibility index (Phi) is 7.71. The standard InChI is InChI=1S/C27H39N3O2/c1-3-4-14-26(30-17-15-27(31,16-18-30)23-10-6-5-7-11-23)32-25-13-9-8-12-24(25)29-21-19-28(2)20-22-29/h5-13,26,31H,3-4,14-22H2,1-2H3. The minimum absolute atomic E-state index is 0.0453. The van der Waals surface area contributed by atoms with Crippen molar-refractivity contribution < 1.29 is 9.84 Å². The summed E-state index contributed by atoms with van der Waals surface area (Å²) in [7, 11) is 2.19. The van der Waals surface area contributed by atoms with Gasteiger partial charge in [0.2, 0.25) is 0 Å². The Bertz CT molecular complexity index is 828. The van der Waals surface area contributed by atoms with E-state index in [1.165, 1.54) is 5.69 Å². The molecule has 174 valence electrons. The summed E-state index contributed by atoms with van der Waals surface area (Å²) >= 11 is 0. The second-order valence-corrected chi connectivity index (χ2v) is 9.41. The molecule has 2 fully saturated rings. The van der Waals surface area contributed by atoms with Gasteiger partial charge in [-0.25, -0.2) is 0 Å². The van der Waals surface area contributed by atoms with E-state index in [9.17, 15) is 5.11 Å². The van der Waals surface area contributed by atoms with Crippen molar-refractivity contribution >= 4 is 5.69 Å². The van der Waals surface area contributed by atoms with Gasteiger partial charge in [0.25, 0.3) is 0 Å². The second kappa shape index (κ2) is 10.7. The number of likely N-dealkylation sites (tertiary alicyclic amines) is 1. The summed E-state index contributed by atoms with van der Waals surface area (Å²) in [5.41, 5.74) is 1.51. The van der Waals surface area contributed by atoms with Crippen molar-refractivity contribution in [3.05, 3.63) is 60.2 Å². The topological polar surface area (TPSA) is 39.2 Å². The quantitative estimate of drug-likeness (QED) is 0.666. The zero-order valence-corrected chi connectivity index (χ0v) is 19.7. The van der Waals surface area contributed by atoms with Crippen LogP contribution in [0.3, 0.4) is 0 Å². The number of hydrogen-bond donors (Lipinski definition) is 1. The third-order valence-electron chi connectivity index (χ3n) is 7.12. The normalized spacial score (nSPS) is 20.8. The summed E-state index contributed by atoms with van der Waals surface area (Å²) in [5, 5.41) is 11.3. The first-order valence-corrected chi connectivity index (χ1v) is 12.3. The molecule has 0 saturated carbocycles. The van der Waals surface area contributed by atoms with E-state index in [0.717, 1.165) is 82.7 Å². The van der Waals surface area contributed by atoms with Gasteiger partial charge in [-0.3, -0.25) is 4.90 Å². The molecule has 0 spiro atoms. The van der Waals surface area contributed by atoms with E-state index in [0.29, 0.717) is 0 Å². The lowest BCUT2D eigenvalue weighted by Gasteiger charge is -2.42. The van der Waals surface area contributed by atoms with Gasteiger partial charge in [-0.2, -0.15) is 0 Å². The van der Waals surface area contributed by atoms with Gasteiger partial charge in [-0.05, 0) is 50.4 Å². The number of piperidine rings is 1. The molecule has 5 nitrogen and oxygen atoms in total. The van der Waals surface area contributed by atoms with Crippen LogP contribution in [0, 0.1) is 0 Å². The number of rotatable bonds is 8. The molecule has 2 heterocycles. The fourth-order valence-corrected chi connectivity index (χ4v) is 4.93. The smallest absolute Gasteiger partial charge is 0.152 e. The molecule has 1 unspecified atom stereocenters. The SMILES string of the molecule is CCCCC(Oc1ccccc1N1CCN(C)CC1)N1CCC(O)(c2ccccc2)CC1. The number of likely N-dealkylation sites (N-methyl/N-ethyl adjacent to an activating group) is 1. The van der Waals surface area contributed by atoms with Crippen LogP contribution in [-0.2, 0) is 5.60 Å². The summed E-state index contributed by atoms with van der Waals surface area (Å²) in [5.74, 6) is 0.988. The number of aliphatic hydroxyl groups is 1. The van der Waals surface area contributed by atoms with Crippen molar-refractivity contribution in [2.75, 3.05) is 51.2 Å². The van der Waals surface area contributed by atoms with Crippen molar-refractivity contribution in [1.82, 2.24) is 9.80 Å². The lowest BCUT2D eigenvalue weighted by atomic mass is 9.84. The minimum Gasteiger partial charge on any atom is -0.473 e. The molecule has 0 aromatic heterocycles. The molecule has 2 aromatic rings. The number of nitrogens with zero attached hydrogens (tertiary/aromatic N) is 3. The van der Waals surface area contributed by atoms with Gasteiger partial charge in [0.15, 0.2) is 6.23 Å². The number of para-hydroxylation sites is 2. The molecule has 2 saturated heterocycles. The van der Waals surface area contributed by atoms with Gasteiger partial charge in [0.1, 0.15) is 5.75 Å². The maximum atomic E-state index is 11.3. The Morgan fingerprint density at radius 2 is 1.56 bits per heavy atom. The molecule has 2 aromatic carbocycles. The minimum atomic E-state index is -0.731. The van der Waals surface area contributed by atoms with Crippen LogP contribution in [-0.4, -0.2) is 67.5 Å². The first kappa shape index (κ1) is 23.1. The Labute approximate surface area is 193 Å². The van der Waals surface area contributed by atoms with Crippen LogP contribution in [0.5, 0.6) is 5.75 Å². The largest absolute Gasteiger partial charge is 0.473 e. The van der Waals surface area contributed by atoms with Gasteiger partial charge in [0, 0.05) is 39.3 Å². The Morgan fingerprint density at radius 3 is 2.25 bits per heavy atom. The van der Waals surface area contributed by atoms with E-state index in [2.05, 4.69) is 52.9 Å². The van der Waals surface area contributed by atoms with Gasteiger partial charge in [-0.15, -0.1) is 0 Å². The molecule has 0 bridgehead atoms.